The van der Waals surface area contributed by atoms with Crippen molar-refractivity contribution >= 4 is 29.4 Å². The molecule has 0 aliphatic rings. The molecule has 1 heterocycles. The number of hydrogen-bond acceptors (Lipinski definition) is 4. The molecule has 2 rings (SSSR count). The van der Waals surface area contributed by atoms with E-state index in [4.69, 9.17) is 11.2 Å². The molecule has 0 radical (unpaired) electrons. The molecule has 0 saturated carbocycles. The SMILES string of the molecule is C#Cc1cnc2c(C)cc(OC(C)(S)C(=O)NCC)cc2c1. The van der Waals surface area contributed by atoms with Crippen LogP contribution in [0.15, 0.2) is 24.4 Å². The molecule has 1 atom stereocenters. The van der Waals surface area contributed by atoms with E-state index in [0.29, 0.717) is 17.9 Å². The van der Waals surface area contributed by atoms with Gasteiger partial charge in [-0.05, 0) is 44.5 Å². The van der Waals surface area contributed by atoms with Gasteiger partial charge in [0, 0.05) is 23.7 Å². The number of terminal acetylenes is 1. The number of thiol groups is 1. The number of aromatic nitrogens is 1. The Morgan fingerprint density at radius 1 is 1.50 bits per heavy atom. The van der Waals surface area contributed by atoms with E-state index in [0.717, 1.165) is 16.5 Å². The van der Waals surface area contributed by atoms with Crippen LogP contribution in [0.1, 0.15) is 25.0 Å². The first kappa shape index (κ1) is 16.2. The summed E-state index contributed by atoms with van der Waals surface area (Å²) in [6.45, 7) is 5.90. The zero-order valence-corrected chi connectivity index (χ0v) is 13.7. The predicted octanol–water partition coefficient (Wildman–Crippen LogP) is 2.69. The van der Waals surface area contributed by atoms with Crippen molar-refractivity contribution in [3.8, 4) is 18.1 Å². The van der Waals surface area contributed by atoms with E-state index in [2.05, 4.69) is 28.8 Å². The van der Waals surface area contributed by atoms with Crippen molar-refractivity contribution in [1.29, 1.82) is 0 Å². The fourth-order valence-electron chi connectivity index (χ4n) is 2.14. The topological polar surface area (TPSA) is 51.2 Å². The van der Waals surface area contributed by atoms with Gasteiger partial charge in [-0.25, -0.2) is 0 Å². The lowest BCUT2D eigenvalue weighted by Gasteiger charge is -2.24. The summed E-state index contributed by atoms with van der Waals surface area (Å²) < 4.78 is 5.75. The third-order valence-electron chi connectivity index (χ3n) is 3.19. The molecule has 22 heavy (non-hydrogen) atoms. The minimum Gasteiger partial charge on any atom is -0.467 e. The fourth-order valence-corrected chi connectivity index (χ4v) is 2.32. The van der Waals surface area contributed by atoms with Gasteiger partial charge in [-0.2, -0.15) is 0 Å². The summed E-state index contributed by atoms with van der Waals surface area (Å²) in [4.78, 5) is 15.1. The van der Waals surface area contributed by atoms with Gasteiger partial charge < -0.3 is 10.1 Å². The lowest BCUT2D eigenvalue weighted by atomic mass is 10.1. The van der Waals surface area contributed by atoms with Crippen LogP contribution in [0.3, 0.4) is 0 Å². The molecule has 4 nitrogen and oxygen atoms in total. The van der Waals surface area contributed by atoms with Gasteiger partial charge in [-0.1, -0.05) is 5.92 Å². The predicted molar refractivity (Wildman–Crippen MR) is 91.1 cm³/mol. The van der Waals surface area contributed by atoms with Gasteiger partial charge in [0.25, 0.3) is 5.91 Å². The lowest BCUT2D eigenvalue weighted by molar-refractivity contribution is -0.129. The van der Waals surface area contributed by atoms with Gasteiger partial charge >= 0.3 is 0 Å². The normalized spacial score (nSPS) is 13.2. The number of amides is 1. The third-order valence-corrected chi connectivity index (χ3v) is 3.48. The highest BCUT2D eigenvalue weighted by molar-refractivity contribution is 7.82. The Morgan fingerprint density at radius 2 is 2.23 bits per heavy atom. The van der Waals surface area contributed by atoms with Gasteiger partial charge in [-0.3, -0.25) is 9.78 Å². The van der Waals surface area contributed by atoms with Gasteiger partial charge in [-0.15, -0.1) is 19.1 Å². The van der Waals surface area contributed by atoms with Crippen LogP contribution in [0.2, 0.25) is 0 Å². The molecule has 0 aliphatic carbocycles. The van der Waals surface area contributed by atoms with Gasteiger partial charge in [0.1, 0.15) is 5.75 Å². The number of ether oxygens (including phenoxy) is 1. The molecular formula is C17H18N2O2S. The van der Waals surface area contributed by atoms with Crippen LogP contribution in [0.4, 0.5) is 0 Å². The van der Waals surface area contributed by atoms with Crippen molar-refractivity contribution in [3.63, 3.8) is 0 Å². The zero-order chi connectivity index (χ0) is 16.3. The molecule has 1 unspecified atom stereocenters. The first-order valence-corrected chi connectivity index (χ1v) is 7.39. The van der Waals surface area contributed by atoms with Crippen LogP contribution in [0.25, 0.3) is 10.9 Å². The summed E-state index contributed by atoms with van der Waals surface area (Å²) >= 11 is 4.31. The highest BCUT2D eigenvalue weighted by Gasteiger charge is 2.30. The first-order valence-electron chi connectivity index (χ1n) is 6.94. The second-order valence-corrected chi connectivity index (χ2v) is 5.98. The van der Waals surface area contributed by atoms with Crippen molar-refractivity contribution in [2.24, 2.45) is 0 Å². The molecule has 1 aromatic carbocycles. The standard InChI is InChI=1S/C17H18N2O2S/c1-5-12-8-13-9-14(7-11(3)15(13)19-10-12)21-17(4,22)16(20)18-6-2/h1,7-10,22H,6H2,2-4H3,(H,18,20). The summed E-state index contributed by atoms with van der Waals surface area (Å²) in [5.41, 5.74) is 2.49. The second-order valence-electron chi connectivity index (χ2n) is 5.12. The molecule has 1 amide bonds. The molecule has 0 saturated heterocycles. The molecule has 5 heteroatoms. The van der Waals surface area contributed by atoms with Gasteiger partial charge in [0.05, 0.1) is 5.52 Å². The van der Waals surface area contributed by atoms with E-state index in [9.17, 15) is 4.79 Å². The summed E-state index contributed by atoms with van der Waals surface area (Å²) in [7, 11) is 0. The minimum absolute atomic E-state index is 0.286. The molecule has 1 N–H and O–H groups in total. The number of benzene rings is 1. The van der Waals surface area contributed by atoms with E-state index >= 15 is 0 Å². The summed E-state index contributed by atoms with van der Waals surface area (Å²) in [5.74, 6) is 2.82. The van der Waals surface area contributed by atoms with Crippen molar-refractivity contribution in [2.75, 3.05) is 6.54 Å². The highest BCUT2D eigenvalue weighted by atomic mass is 32.1. The largest absolute Gasteiger partial charge is 0.467 e. The monoisotopic (exact) mass is 314 g/mol. The Morgan fingerprint density at radius 3 is 2.86 bits per heavy atom. The van der Waals surface area contributed by atoms with E-state index < -0.39 is 4.93 Å². The van der Waals surface area contributed by atoms with Crippen molar-refractivity contribution in [2.45, 2.75) is 25.7 Å². The number of aryl methyl sites for hydroxylation is 1. The molecule has 0 bridgehead atoms. The molecule has 1 aromatic heterocycles. The fraction of sp³-hybridized carbons (Fsp3) is 0.294. The van der Waals surface area contributed by atoms with Gasteiger partial charge in [0.2, 0.25) is 4.93 Å². The maximum atomic E-state index is 12.0. The van der Waals surface area contributed by atoms with Crippen LogP contribution in [0.5, 0.6) is 5.75 Å². The Labute approximate surface area is 135 Å². The summed E-state index contributed by atoms with van der Waals surface area (Å²) in [6.07, 6.45) is 7.07. The smallest absolute Gasteiger partial charge is 0.274 e. The first-order chi connectivity index (χ1) is 10.4. The number of rotatable bonds is 4. The molecule has 0 spiro atoms. The maximum Gasteiger partial charge on any atom is 0.274 e. The van der Waals surface area contributed by atoms with Crippen LogP contribution in [-0.2, 0) is 4.79 Å². The lowest BCUT2D eigenvalue weighted by Crippen LogP contribution is -2.44. The summed E-state index contributed by atoms with van der Waals surface area (Å²) in [6, 6.07) is 5.51. The third kappa shape index (κ3) is 3.34. The number of nitrogens with one attached hydrogen (secondary N) is 1. The quantitative estimate of drug-likeness (QED) is 0.518. The van der Waals surface area contributed by atoms with Crippen LogP contribution in [-0.4, -0.2) is 22.4 Å². The average Bonchev–Trinajstić information content (AvgIpc) is 2.46. The summed E-state index contributed by atoms with van der Waals surface area (Å²) in [5, 5.41) is 3.56. The number of carbonyl (C=O) groups is 1. The number of hydrogen-bond donors (Lipinski definition) is 2. The number of pyridine rings is 1. The maximum absolute atomic E-state index is 12.0. The Kier molecular flexibility index (Phi) is 4.62. The van der Waals surface area contributed by atoms with Crippen molar-refractivity contribution < 1.29 is 9.53 Å². The van der Waals surface area contributed by atoms with Crippen LogP contribution < -0.4 is 10.1 Å². The highest BCUT2D eigenvalue weighted by Crippen LogP contribution is 2.28. The van der Waals surface area contributed by atoms with Crippen molar-refractivity contribution in [1.82, 2.24) is 10.3 Å². The number of fused-ring (bicyclic) bond motifs is 1. The Balaban J connectivity index is 2.40. The molecule has 0 fully saturated rings. The molecule has 0 aliphatic heterocycles. The van der Waals surface area contributed by atoms with E-state index in [-0.39, 0.29) is 5.91 Å². The van der Waals surface area contributed by atoms with Crippen LogP contribution in [0, 0.1) is 19.3 Å². The zero-order valence-electron chi connectivity index (χ0n) is 12.8. The van der Waals surface area contributed by atoms with Crippen LogP contribution >= 0.6 is 12.6 Å². The number of likely N-dealkylation sites (N-methyl/N-ethyl adjacent to an activating group) is 1. The number of nitrogens with zero attached hydrogens (tertiary/aromatic N) is 1. The molecule has 114 valence electrons. The minimum atomic E-state index is -1.26. The Hall–Kier alpha value is -2.19. The van der Waals surface area contributed by atoms with E-state index in [1.807, 2.05) is 32.0 Å². The Bertz CT molecular complexity index is 763. The number of carbonyl (C=O) groups excluding carboxylic acids is 1. The second kappa shape index (κ2) is 6.29. The molecule has 2 aromatic rings. The van der Waals surface area contributed by atoms with Gasteiger partial charge in [0.15, 0.2) is 0 Å². The van der Waals surface area contributed by atoms with E-state index in [1.165, 1.54) is 0 Å². The van der Waals surface area contributed by atoms with E-state index in [1.54, 1.807) is 13.1 Å². The van der Waals surface area contributed by atoms with Crippen molar-refractivity contribution in [3.05, 3.63) is 35.5 Å². The average molecular weight is 314 g/mol. The molecular weight excluding hydrogens is 296 g/mol.